The molecule has 0 fully saturated rings. The van der Waals surface area contributed by atoms with Crippen LogP contribution in [-0.4, -0.2) is 33.3 Å². The highest BCUT2D eigenvalue weighted by molar-refractivity contribution is 5.90. The van der Waals surface area contributed by atoms with E-state index in [9.17, 15) is 5.11 Å². The number of aliphatic hydroxyl groups is 1. The van der Waals surface area contributed by atoms with Crippen LogP contribution < -0.4 is 10.6 Å². The second-order valence-electron chi connectivity index (χ2n) is 5.09. The van der Waals surface area contributed by atoms with Gasteiger partial charge in [0.1, 0.15) is 11.6 Å². The van der Waals surface area contributed by atoms with Crippen molar-refractivity contribution in [2.75, 3.05) is 23.8 Å². The average Bonchev–Trinajstić information content (AvgIpc) is 2.57. The maximum Gasteiger partial charge on any atom is 0.229 e. The lowest BCUT2D eigenvalue weighted by Gasteiger charge is -2.11. The third kappa shape index (κ3) is 4.24. The zero-order valence-electron chi connectivity index (χ0n) is 12.9. The van der Waals surface area contributed by atoms with E-state index in [1.165, 1.54) is 0 Å². The van der Waals surface area contributed by atoms with Crippen molar-refractivity contribution in [1.82, 2.24) is 9.97 Å². The smallest absolute Gasteiger partial charge is 0.229 e. The molecular weight excluding hydrogens is 328 g/mol. The normalized spacial score (nSPS) is 10.2. The Labute approximate surface area is 146 Å². The summed E-state index contributed by atoms with van der Waals surface area (Å²) in [7, 11) is 0. The lowest BCUT2D eigenvalue weighted by molar-refractivity contribution is 0.292. The summed E-state index contributed by atoms with van der Waals surface area (Å²) in [6.45, 7) is 0.769. The first-order chi connectivity index (χ1) is 11.3. The van der Waals surface area contributed by atoms with E-state index < -0.39 is 0 Å². The van der Waals surface area contributed by atoms with E-state index in [0.717, 1.165) is 22.4 Å². The minimum Gasteiger partial charge on any atom is -0.508 e. The predicted molar refractivity (Wildman–Crippen MR) is 98.4 cm³/mol. The van der Waals surface area contributed by atoms with Gasteiger partial charge in [-0.15, -0.1) is 12.4 Å². The molecule has 0 aliphatic carbocycles. The molecule has 0 saturated heterocycles. The molecule has 126 valence electrons. The highest BCUT2D eigenvalue weighted by Crippen LogP contribution is 2.24. The van der Waals surface area contributed by atoms with Crippen LogP contribution in [0.1, 0.15) is 6.42 Å². The highest BCUT2D eigenvalue weighted by atomic mass is 35.5. The molecule has 3 aromatic rings. The van der Waals surface area contributed by atoms with E-state index in [-0.39, 0.29) is 24.8 Å². The molecule has 7 heteroatoms. The Morgan fingerprint density at radius 3 is 2.46 bits per heavy atom. The van der Waals surface area contributed by atoms with Gasteiger partial charge in [-0.3, -0.25) is 0 Å². The number of benzene rings is 2. The van der Waals surface area contributed by atoms with Gasteiger partial charge in [-0.2, -0.15) is 4.98 Å². The van der Waals surface area contributed by atoms with Gasteiger partial charge in [0, 0.05) is 24.2 Å². The van der Waals surface area contributed by atoms with E-state index in [0.29, 0.717) is 18.9 Å². The monoisotopic (exact) mass is 346 g/mol. The molecule has 2 aromatic carbocycles. The summed E-state index contributed by atoms with van der Waals surface area (Å²) in [5.74, 6) is 1.41. The number of phenols is 1. The van der Waals surface area contributed by atoms with Gasteiger partial charge in [0.05, 0.1) is 5.52 Å². The van der Waals surface area contributed by atoms with Gasteiger partial charge in [-0.25, -0.2) is 4.98 Å². The molecule has 0 radical (unpaired) electrons. The number of fused-ring (bicyclic) bond motifs is 1. The molecule has 24 heavy (non-hydrogen) atoms. The van der Waals surface area contributed by atoms with Crippen molar-refractivity contribution in [1.29, 1.82) is 0 Å². The number of anilines is 3. The number of phenolic OH excluding ortho intramolecular Hbond substituents is 1. The first-order valence-corrected chi connectivity index (χ1v) is 7.44. The first-order valence-electron chi connectivity index (χ1n) is 7.44. The molecule has 1 heterocycles. The molecule has 0 aliphatic heterocycles. The fourth-order valence-corrected chi connectivity index (χ4v) is 2.23. The van der Waals surface area contributed by atoms with Crippen LogP contribution in [0.3, 0.4) is 0 Å². The van der Waals surface area contributed by atoms with Crippen molar-refractivity contribution in [3.8, 4) is 5.75 Å². The molecule has 0 amide bonds. The van der Waals surface area contributed by atoms with Crippen molar-refractivity contribution >= 4 is 40.8 Å². The Balaban J connectivity index is 0.00000208. The van der Waals surface area contributed by atoms with E-state index in [1.54, 1.807) is 24.3 Å². The number of para-hydroxylation sites is 1. The first kappa shape index (κ1) is 17.8. The lowest BCUT2D eigenvalue weighted by atomic mass is 10.2. The zero-order chi connectivity index (χ0) is 16.1. The van der Waals surface area contributed by atoms with Crippen molar-refractivity contribution in [2.24, 2.45) is 0 Å². The Hall–Kier alpha value is -2.57. The van der Waals surface area contributed by atoms with Crippen molar-refractivity contribution in [2.45, 2.75) is 6.42 Å². The number of halogens is 1. The summed E-state index contributed by atoms with van der Waals surface area (Å²) in [6.07, 6.45) is 0.652. The van der Waals surface area contributed by atoms with Crippen LogP contribution in [0.15, 0.2) is 48.5 Å². The van der Waals surface area contributed by atoms with Crippen LogP contribution in [0.5, 0.6) is 5.75 Å². The number of aromatic nitrogens is 2. The Morgan fingerprint density at radius 1 is 0.958 bits per heavy atom. The number of rotatable bonds is 6. The molecule has 0 unspecified atom stereocenters. The number of hydrogen-bond acceptors (Lipinski definition) is 6. The van der Waals surface area contributed by atoms with Gasteiger partial charge in [0.2, 0.25) is 5.95 Å². The van der Waals surface area contributed by atoms with Gasteiger partial charge in [-0.1, -0.05) is 12.1 Å². The maximum absolute atomic E-state index is 9.34. The van der Waals surface area contributed by atoms with Crippen LogP contribution in [0.2, 0.25) is 0 Å². The third-order valence-corrected chi connectivity index (χ3v) is 3.35. The Kier molecular flexibility index (Phi) is 6.17. The molecule has 0 saturated carbocycles. The second kappa shape index (κ2) is 8.33. The van der Waals surface area contributed by atoms with E-state index in [4.69, 9.17) is 5.11 Å². The SMILES string of the molecule is Cl.OCCCNc1nc(Nc2ccc(O)cc2)nc2ccccc12. The number of aliphatic hydroxyl groups excluding tert-OH is 1. The van der Waals surface area contributed by atoms with Crippen LogP contribution in [0, 0.1) is 0 Å². The van der Waals surface area contributed by atoms with Gasteiger partial charge in [0.25, 0.3) is 0 Å². The van der Waals surface area contributed by atoms with E-state index in [2.05, 4.69) is 20.6 Å². The molecule has 4 N–H and O–H groups in total. The fraction of sp³-hybridized carbons (Fsp3) is 0.176. The Bertz CT molecular complexity index is 796. The molecule has 3 rings (SSSR count). The van der Waals surface area contributed by atoms with E-state index >= 15 is 0 Å². The molecule has 0 bridgehead atoms. The number of nitrogens with zero attached hydrogens (tertiary/aromatic N) is 2. The molecule has 6 nitrogen and oxygen atoms in total. The maximum atomic E-state index is 9.34. The zero-order valence-corrected chi connectivity index (χ0v) is 13.8. The molecule has 0 spiro atoms. The lowest BCUT2D eigenvalue weighted by Crippen LogP contribution is -2.08. The number of hydrogen-bond donors (Lipinski definition) is 4. The van der Waals surface area contributed by atoms with Crippen LogP contribution in [0.25, 0.3) is 10.9 Å². The average molecular weight is 347 g/mol. The minimum atomic E-state index is 0. The summed E-state index contributed by atoms with van der Waals surface area (Å²) in [5.41, 5.74) is 1.62. The van der Waals surface area contributed by atoms with Gasteiger partial charge >= 0.3 is 0 Å². The standard InChI is InChI=1S/C17H18N4O2.ClH/c22-11-3-10-18-16-14-4-1-2-5-15(14)20-17(21-16)19-12-6-8-13(23)9-7-12;/h1-2,4-9,22-23H,3,10-11H2,(H2,18,19,20,21);1H. The molecule has 0 atom stereocenters. The second-order valence-corrected chi connectivity index (χ2v) is 5.09. The fourth-order valence-electron chi connectivity index (χ4n) is 2.23. The minimum absolute atomic E-state index is 0. The molecule has 0 aliphatic rings. The topological polar surface area (TPSA) is 90.3 Å². The Morgan fingerprint density at radius 2 is 1.71 bits per heavy atom. The summed E-state index contributed by atoms with van der Waals surface area (Å²) < 4.78 is 0. The largest absolute Gasteiger partial charge is 0.508 e. The summed E-state index contributed by atoms with van der Waals surface area (Å²) in [6, 6.07) is 14.5. The summed E-state index contributed by atoms with van der Waals surface area (Å²) >= 11 is 0. The van der Waals surface area contributed by atoms with Crippen LogP contribution in [0.4, 0.5) is 17.5 Å². The molecule has 1 aromatic heterocycles. The van der Waals surface area contributed by atoms with Gasteiger partial charge in [-0.05, 0) is 42.8 Å². The predicted octanol–water partition coefficient (Wildman–Crippen LogP) is 3.30. The highest BCUT2D eigenvalue weighted by Gasteiger charge is 2.07. The third-order valence-electron chi connectivity index (χ3n) is 3.35. The number of nitrogens with one attached hydrogen (secondary N) is 2. The quantitative estimate of drug-likeness (QED) is 0.404. The van der Waals surface area contributed by atoms with Crippen LogP contribution in [-0.2, 0) is 0 Å². The van der Waals surface area contributed by atoms with Crippen molar-refractivity contribution in [3.05, 3.63) is 48.5 Å². The van der Waals surface area contributed by atoms with Crippen molar-refractivity contribution < 1.29 is 10.2 Å². The van der Waals surface area contributed by atoms with Crippen LogP contribution >= 0.6 is 12.4 Å². The molecular formula is C17H19ClN4O2. The number of aromatic hydroxyl groups is 1. The van der Waals surface area contributed by atoms with E-state index in [1.807, 2.05) is 24.3 Å². The van der Waals surface area contributed by atoms with Gasteiger partial charge < -0.3 is 20.8 Å². The summed E-state index contributed by atoms with van der Waals surface area (Å²) in [5, 5.41) is 25.6. The van der Waals surface area contributed by atoms with Gasteiger partial charge in [0.15, 0.2) is 0 Å². The van der Waals surface area contributed by atoms with Crippen molar-refractivity contribution in [3.63, 3.8) is 0 Å². The summed E-state index contributed by atoms with van der Waals surface area (Å²) in [4.78, 5) is 9.02.